The lowest BCUT2D eigenvalue weighted by molar-refractivity contribution is 0.0926. The summed E-state index contributed by atoms with van der Waals surface area (Å²) >= 11 is 0. The highest BCUT2D eigenvalue weighted by Gasteiger charge is 2.23. The van der Waals surface area contributed by atoms with E-state index in [4.69, 9.17) is 4.74 Å². The van der Waals surface area contributed by atoms with Crippen molar-refractivity contribution in [1.29, 1.82) is 0 Å². The van der Waals surface area contributed by atoms with Crippen LogP contribution in [0.4, 0.5) is 10.7 Å². The van der Waals surface area contributed by atoms with Gasteiger partial charge >= 0.3 is 6.09 Å². The number of carbonyl (C=O) groups is 2. The fourth-order valence-electron chi connectivity index (χ4n) is 3.42. The molecule has 1 saturated heterocycles. The molecule has 8 heteroatoms. The van der Waals surface area contributed by atoms with Crippen LogP contribution in [0.15, 0.2) is 12.4 Å². The molecule has 2 aliphatic rings. The van der Waals surface area contributed by atoms with Crippen LogP contribution in [0.3, 0.4) is 0 Å². The molecule has 2 fully saturated rings. The predicted molar refractivity (Wildman–Crippen MR) is 97.2 cm³/mol. The van der Waals surface area contributed by atoms with E-state index in [9.17, 15) is 9.59 Å². The SMILES string of the molecule is CCOC(=O)N1CCN(c2ncc(C(=O)NC3CCCCC3)cn2)CC1. The van der Waals surface area contributed by atoms with E-state index in [1.807, 2.05) is 4.90 Å². The number of amides is 2. The predicted octanol–water partition coefficient (Wildman–Crippen LogP) is 1.82. The Morgan fingerprint density at radius 2 is 1.77 bits per heavy atom. The molecule has 1 aliphatic carbocycles. The first kappa shape index (κ1) is 18.4. The van der Waals surface area contributed by atoms with Crippen LogP contribution in [0, 0.1) is 0 Å². The zero-order chi connectivity index (χ0) is 18.4. The number of carbonyl (C=O) groups excluding carboxylic acids is 2. The van der Waals surface area contributed by atoms with Crippen LogP contribution in [0.2, 0.25) is 0 Å². The molecule has 1 aliphatic heterocycles. The Balaban J connectivity index is 1.51. The fourth-order valence-corrected chi connectivity index (χ4v) is 3.42. The second-order valence-corrected chi connectivity index (χ2v) is 6.75. The minimum atomic E-state index is -0.275. The van der Waals surface area contributed by atoms with Gasteiger partial charge in [0.1, 0.15) is 0 Å². The molecule has 2 heterocycles. The number of nitrogens with one attached hydrogen (secondary N) is 1. The molecule has 0 atom stereocenters. The van der Waals surface area contributed by atoms with Crippen LogP contribution in [-0.2, 0) is 4.74 Å². The molecule has 0 spiro atoms. The van der Waals surface area contributed by atoms with Crippen molar-refractivity contribution in [1.82, 2.24) is 20.2 Å². The van der Waals surface area contributed by atoms with Crippen molar-refractivity contribution in [3.63, 3.8) is 0 Å². The fraction of sp³-hybridized carbons (Fsp3) is 0.667. The number of ether oxygens (including phenoxy) is 1. The largest absolute Gasteiger partial charge is 0.450 e. The third kappa shape index (κ3) is 4.62. The number of aromatic nitrogens is 2. The highest BCUT2D eigenvalue weighted by molar-refractivity contribution is 5.93. The van der Waals surface area contributed by atoms with Gasteiger partial charge in [0.25, 0.3) is 5.91 Å². The van der Waals surface area contributed by atoms with E-state index in [0.717, 1.165) is 12.8 Å². The summed E-state index contributed by atoms with van der Waals surface area (Å²) in [5.74, 6) is 0.485. The van der Waals surface area contributed by atoms with Crippen molar-refractivity contribution in [2.75, 3.05) is 37.7 Å². The minimum absolute atomic E-state index is 0.101. The van der Waals surface area contributed by atoms with Gasteiger partial charge in [-0.3, -0.25) is 4.79 Å². The Kier molecular flexibility index (Phi) is 6.25. The Hall–Kier alpha value is -2.38. The van der Waals surface area contributed by atoms with Crippen LogP contribution < -0.4 is 10.2 Å². The lowest BCUT2D eigenvalue weighted by Gasteiger charge is -2.33. The first-order valence-corrected chi connectivity index (χ1v) is 9.47. The van der Waals surface area contributed by atoms with E-state index < -0.39 is 0 Å². The van der Waals surface area contributed by atoms with E-state index in [0.29, 0.717) is 44.3 Å². The first-order chi connectivity index (χ1) is 12.7. The number of piperazine rings is 1. The summed E-state index contributed by atoms with van der Waals surface area (Å²) in [7, 11) is 0. The second kappa shape index (κ2) is 8.82. The van der Waals surface area contributed by atoms with E-state index in [-0.39, 0.29) is 18.0 Å². The molecule has 1 aromatic heterocycles. The lowest BCUT2D eigenvalue weighted by Crippen LogP contribution is -2.49. The third-order valence-electron chi connectivity index (χ3n) is 4.93. The van der Waals surface area contributed by atoms with Crippen molar-refractivity contribution in [2.45, 2.75) is 45.1 Å². The van der Waals surface area contributed by atoms with E-state index in [1.54, 1.807) is 24.2 Å². The summed E-state index contributed by atoms with van der Waals surface area (Å²) in [6.07, 6.45) is 8.60. The van der Waals surface area contributed by atoms with Crippen LogP contribution in [0.1, 0.15) is 49.4 Å². The van der Waals surface area contributed by atoms with Gasteiger partial charge in [0.15, 0.2) is 0 Å². The molecule has 0 unspecified atom stereocenters. The standard InChI is InChI=1S/C18H27N5O3/c1-2-26-18(25)23-10-8-22(9-11-23)17-19-12-14(13-20-17)16(24)21-15-6-4-3-5-7-15/h12-13,15H,2-11H2,1H3,(H,21,24). The van der Waals surface area contributed by atoms with Crippen LogP contribution in [0.5, 0.6) is 0 Å². The Bertz CT molecular complexity index is 608. The summed E-state index contributed by atoms with van der Waals surface area (Å²) in [4.78, 5) is 36.4. The average Bonchev–Trinajstić information content (AvgIpc) is 2.69. The molecule has 26 heavy (non-hydrogen) atoms. The lowest BCUT2D eigenvalue weighted by atomic mass is 9.95. The van der Waals surface area contributed by atoms with Crippen molar-refractivity contribution >= 4 is 17.9 Å². The first-order valence-electron chi connectivity index (χ1n) is 9.47. The Labute approximate surface area is 153 Å². The monoisotopic (exact) mass is 361 g/mol. The number of hydrogen-bond donors (Lipinski definition) is 1. The van der Waals surface area contributed by atoms with E-state index in [2.05, 4.69) is 15.3 Å². The van der Waals surface area contributed by atoms with Gasteiger partial charge in [-0.2, -0.15) is 0 Å². The molecular weight excluding hydrogens is 334 g/mol. The van der Waals surface area contributed by atoms with Gasteiger partial charge in [0, 0.05) is 44.6 Å². The van der Waals surface area contributed by atoms with Gasteiger partial charge in [-0.1, -0.05) is 19.3 Å². The second-order valence-electron chi connectivity index (χ2n) is 6.75. The highest BCUT2D eigenvalue weighted by atomic mass is 16.6. The Morgan fingerprint density at radius 1 is 1.12 bits per heavy atom. The molecule has 1 aromatic rings. The van der Waals surface area contributed by atoms with Gasteiger partial charge in [-0.15, -0.1) is 0 Å². The average molecular weight is 361 g/mol. The molecule has 0 bridgehead atoms. The molecule has 2 amide bonds. The van der Waals surface area contributed by atoms with Gasteiger partial charge in [-0.25, -0.2) is 14.8 Å². The van der Waals surface area contributed by atoms with E-state index >= 15 is 0 Å². The zero-order valence-corrected chi connectivity index (χ0v) is 15.3. The molecular formula is C18H27N5O3. The molecule has 1 N–H and O–H groups in total. The molecule has 142 valence electrons. The van der Waals surface area contributed by atoms with E-state index in [1.165, 1.54) is 19.3 Å². The number of rotatable bonds is 4. The number of nitrogens with zero attached hydrogens (tertiary/aromatic N) is 4. The van der Waals surface area contributed by atoms with Gasteiger partial charge < -0.3 is 19.9 Å². The summed E-state index contributed by atoms with van der Waals surface area (Å²) in [6, 6.07) is 0.270. The smallest absolute Gasteiger partial charge is 0.409 e. The number of hydrogen-bond acceptors (Lipinski definition) is 6. The topological polar surface area (TPSA) is 87.7 Å². The molecule has 8 nitrogen and oxygen atoms in total. The summed E-state index contributed by atoms with van der Waals surface area (Å²) in [6.45, 7) is 4.62. The van der Waals surface area contributed by atoms with Crippen LogP contribution in [-0.4, -0.2) is 65.7 Å². The number of anilines is 1. The third-order valence-corrected chi connectivity index (χ3v) is 4.93. The minimum Gasteiger partial charge on any atom is -0.450 e. The summed E-state index contributed by atoms with van der Waals surface area (Å²) in [5.41, 5.74) is 0.490. The maximum atomic E-state index is 12.3. The normalized spacial score (nSPS) is 18.5. The van der Waals surface area contributed by atoms with Crippen molar-refractivity contribution in [3.05, 3.63) is 18.0 Å². The Morgan fingerprint density at radius 3 is 2.38 bits per heavy atom. The molecule has 1 saturated carbocycles. The van der Waals surface area contributed by atoms with Gasteiger partial charge in [0.05, 0.1) is 12.2 Å². The summed E-state index contributed by atoms with van der Waals surface area (Å²) in [5, 5.41) is 3.07. The van der Waals surface area contributed by atoms with Gasteiger partial charge in [0.2, 0.25) is 5.95 Å². The zero-order valence-electron chi connectivity index (χ0n) is 15.3. The van der Waals surface area contributed by atoms with Crippen molar-refractivity contribution in [2.24, 2.45) is 0 Å². The molecule has 3 rings (SSSR count). The highest BCUT2D eigenvalue weighted by Crippen LogP contribution is 2.18. The molecule has 0 radical (unpaired) electrons. The van der Waals surface area contributed by atoms with Crippen molar-refractivity contribution < 1.29 is 14.3 Å². The maximum Gasteiger partial charge on any atom is 0.409 e. The van der Waals surface area contributed by atoms with Crippen molar-refractivity contribution in [3.8, 4) is 0 Å². The van der Waals surface area contributed by atoms with Gasteiger partial charge in [-0.05, 0) is 19.8 Å². The van der Waals surface area contributed by atoms with Crippen LogP contribution in [0.25, 0.3) is 0 Å². The summed E-state index contributed by atoms with van der Waals surface area (Å²) < 4.78 is 5.02. The van der Waals surface area contributed by atoms with Crippen LogP contribution >= 0.6 is 0 Å². The molecule has 0 aromatic carbocycles. The maximum absolute atomic E-state index is 12.3. The quantitative estimate of drug-likeness (QED) is 0.880.